The molecule has 3 nitrogen and oxygen atoms in total. The average Bonchev–Trinajstić information content (AvgIpc) is 2.69. The maximum Gasteiger partial charge on any atom is 0.217 e. The molecule has 1 aliphatic heterocycles. The topological polar surface area (TPSA) is 32.3 Å². The summed E-state index contributed by atoms with van der Waals surface area (Å²) in [5, 5.41) is 3.03. The molecule has 3 heteroatoms. The number of likely N-dealkylation sites (tertiary alicyclic amines) is 1. The highest BCUT2D eigenvalue weighted by molar-refractivity contribution is 5.73. The predicted octanol–water partition coefficient (Wildman–Crippen LogP) is 2.35. The van der Waals surface area contributed by atoms with Gasteiger partial charge in [-0.15, -0.1) is 0 Å². The van der Waals surface area contributed by atoms with Crippen LogP contribution < -0.4 is 5.32 Å². The first-order valence-corrected chi connectivity index (χ1v) is 6.65. The number of rotatable bonds is 3. The highest BCUT2D eigenvalue weighted by Crippen LogP contribution is 2.28. The van der Waals surface area contributed by atoms with E-state index in [1.165, 1.54) is 5.56 Å². The summed E-state index contributed by atoms with van der Waals surface area (Å²) in [4.78, 5) is 13.6. The van der Waals surface area contributed by atoms with Gasteiger partial charge in [-0.05, 0) is 25.8 Å². The molecule has 0 spiro atoms. The van der Waals surface area contributed by atoms with Crippen LogP contribution in [-0.2, 0) is 4.79 Å². The van der Waals surface area contributed by atoms with E-state index in [9.17, 15) is 4.79 Å². The molecule has 0 radical (unpaired) electrons. The van der Waals surface area contributed by atoms with Crippen LogP contribution in [0.25, 0.3) is 0 Å². The second-order valence-electron chi connectivity index (χ2n) is 5.27. The highest BCUT2D eigenvalue weighted by atomic mass is 16.1. The molecule has 1 fully saturated rings. The van der Waals surface area contributed by atoms with Gasteiger partial charge in [-0.1, -0.05) is 30.3 Å². The quantitative estimate of drug-likeness (QED) is 0.888. The Kier molecular flexibility index (Phi) is 4.02. The van der Waals surface area contributed by atoms with Gasteiger partial charge in [0.15, 0.2) is 0 Å². The second kappa shape index (κ2) is 5.53. The van der Waals surface area contributed by atoms with Gasteiger partial charge in [-0.3, -0.25) is 9.69 Å². The number of hydrogen-bond donors (Lipinski definition) is 1. The molecule has 0 aliphatic carbocycles. The van der Waals surface area contributed by atoms with E-state index >= 15 is 0 Å². The fourth-order valence-corrected chi connectivity index (χ4v) is 2.91. The molecule has 1 amide bonds. The first kappa shape index (κ1) is 13.1. The van der Waals surface area contributed by atoms with Crippen LogP contribution in [0.15, 0.2) is 30.3 Å². The van der Waals surface area contributed by atoms with Gasteiger partial charge in [0.2, 0.25) is 5.91 Å². The van der Waals surface area contributed by atoms with E-state index in [4.69, 9.17) is 0 Å². The van der Waals surface area contributed by atoms with Crippen LogP contribution in [0.5, 0.6) is 0 Å². The summed E-state index contributed by atoms with van der Waals surface area (Å²) in [5.74, 6) is 0.0708. The number of hydrogen-bond acceptors (Lipinski definition) is 2. The van der Waals surface area contributed by atoms with Crippen molar-refractivity contribution < 1.29 is 4.79 Å². The van der Waals surface area contributed by atoms with Crippen molar-refractivity contribution in [3.8, 4) is 0 Å². The number of benzene rings is 1. The SMILES string of the molecule is CC(=O)N[C@H]1C[C@H](C)N([C@@H](C)c2ccccc2)C1. The van der Waals surface area contributed by atoms with Crippen LogP contribution >= 0.6 is 0 Å². The summed E-state index contributed by atoms with van der Waals surface area (Å²) in [5.41, 5.74) is 1.34. The summed E-state index contributed by atoms with van der Waals surface area (Å²) >= 11 is 0. The average molecular weight is 246 g/mol. The number of nitrogens with one attached hydrogen (secondary N) is 1. The molecule has 1 N–H and O–H groups in total. The maximum atomic E-state index is 11.1. The second-order valence-corrected chi connectivity index (χ2v) is 5.27. The Labute approximate surface area is 109 Å². The molecule has 1 aliphatic rings. The molecule has 0 unspecified atom stereocenters. The van der Waals surface area contributed by atoms with Crippen molar-refractivity contribution in [1.29, 1.82) is 0 Å². The molecular weight excluding hydrogens is 224 g/mol. The van der Waals surface area contributed by atoms with Crippen molar-refractivity contribution in [2.24, 2.45) is 0 Å². The Hall–Kier alpha value is -1.35. The van der Waals surface area contributed by atoms with Crippen LogP contribution in [0, 0.1) is 0 Å². The lowest BCUT2D eigenvalue weighted by Gasteiger charge is -2.28. The highest BCUT2D eigenvalue weighted by Gasteiger charge is 2.32. The molecule has 1 aromatic carbocycles. The number of amides is 1. The lowest BCUT2D eigenvalue weighted by molar-refractivity contribution is -0.119. The molecule has 0 aromatic heterocycles. The molecule has 1 heterocycles. The molecule has 3 atom stereocenters. The van der Waals surface area contributed by atoms with Gasteiger partial charge < -0.3 is 5.32 Å². The van der Waals surface area contributed by atoms with Gasteiger partial charge in [-0.25, -0.2) is 0 Å². The van der Waals surface area contributed by atoms with Crippen LogP contribution in [0.4, 0.5) is 0 Å². The molecule has 1 saturated heterocycles. The predicted molar refractivity (Wildman–Crippen MR) is 73.2 cm³/mol. The number of carbonyl (C=O) groups excluding carboxylic acids is 1. The maximum absolute atomic E-state index is 11.1. The zero-order chi connectivity index (χ0) is 13.1. The monoisotopic (exact) mass is 246 g/mol. The Balaban J connectivity index is 2.03. The fraction of sp³-hybridized carbons (Fsp3) is 0.533. The summed E-state index contributed by atoms with van der Waals surface area (Å²) < 4.78 is 0. The van der Waals surface area contributed by atoms with Gasteiger partial charge in [0, 0.05) is 31.6 Å². The van der Waals surface area contributed by atoms with E-state index in [0.29, 0.717) is 18.1 Å². The zero-order valence-corrected chi connectivity index (χ0v) is 11.4. The van der Waals surface area contributed by atoms with Crippen molar-refractivity contribution in [1.82, 2.24) is 10.2 Å². The third kappa shape index (κ3) is 2.91. The van der Waals surface area contributed by atoms with E-state index < -0.39 is 0 Å². The number of carbonyl (C=O) groups is 1. The standard InChI is InChI=1S/C15H22N2O/c1-11-9-15(16-13(3)18)10-17(11)12(2)14-7-5-4-6-8-14/h4-8,11-12,15H,9-10H2,1-3H3,(H,16,18)/t11-,12-,15-/m0/s1. The molecule has 2 rings (SSSR count). The summed E-state index contributed by atoms with van der Waals surface area (Å²) in [7, 11) is 0. The van der Waals surface area contributed by atoms with E-state index in [0.717, 1.165) is 13.0 Å². The summed E-state index contributed by atoms with van der Waals surface area (Å²) in [6.07, 6.45) is 1.04. The van der Waals surface area contributed by atoms with Gasteiger partial charge in [-0.2, -0.15) is 0 Å². The van der Waals surface area contributed by atoms with Crippen molar-refractivity contribution in [2.45, 2.75) is 45.3 Å². The van der Waals surface area contributed by atoms with E-state index in [-0.39, 0.29) is 5.91 Å². The van der Waals surface area contributed by atoms with Gasteiger partial charge in [0.25, 0.3) is 0 Å². The molecule has 0 saturated carbocycles. The normalized spacial score (nSPS) is 25.9. The zero-order valence-electron chi connectivity index (χ0n) is 11.4. The van der Waals surface area contributed by atoms with Crippen molar-refractivity contribution in [2.75, 3.05) is 6.54 Å². The van der Waals surface area contributed by atoms with Crippen molar-refractivity contribution in [3.63, 3.8) is 0 Å². The molecular formula is C15H22N2O. The van der Waals surface area contributed by atoms with Crippen molar-refractivity contribution >= 4 is 5.91 Å². The summed E-state index contributed by atoms with van der Waals surface area (Å²) in [6, 6.07) is 11.8. The first-order valence-electron chi connectivity index (χ1n) is 6.65. The van der Waals surface area contributed by atoms with E-state index in [1.54, 1.807) is 6.92 Å². The smallest absolute Gasteiger partial charge is 0.217 e. The minimum atomic E-state index is 0.0708. The Morgan fingerprint density at radius 3 is 2.67 bits per heavy atom. The largest absolute Gasteiger partial charge is 0.352 e. The van der Waals surface area contributed by atoms with Gasteiger partial charge in [0.05, 0.1) is 0 Å². The third-order valence-electron chi connectivity index (χ3n) is 3.81. The first-order chi connectivity index (χ1) is 8.58. The fourth-order valence-electron chi connectivity index (χ4n) is 2.91. The number of nitrogens with zero attached hydrogens (tertiary/aromatic N) is 1. The molecule has 18 heavy (non-hydrogen) atoms. The Morgan fingerprint density at radius 2 is 2.06 bits per heavy atom. The molecule has 1 aromatic rings. The Bertz CT molecular complexity index is 404. The lowest BCUT2D eigenvalue weighted by atomic mass is 10.1. The van der Waals surface area contributed by atoms with Crippen molar-refractivity contribution in [3.05, 3.63) is 35.9 Å². The molecule has 0 bridgehead atoms. The summed E-state index contributed by atoms with van der Waals surface area (Å²) in [6.45, 7) is 7.01. The minimum Gasteiger partial charge on any atom is -0.352 e. The van der Waals surface area contributed by atoms with Crippen LogP contribution in [0.3, 0.4) is 0 Å². The van der Waals surface area contributed by atoms with Gasteiger partial charge in [0.1, 0.15) is 0 Å². The van der Waals surface area contributed by atoms with E-state index in [1.807, 2.05) is 6.07 Å². The lowest BCUT2D eigenvalue weighted by Crippen LogP contribution is -2.36. The van der Waals surface area contributed by atoms with Crippen LogP contribution in [0.1, 0.15) is 38.8 Å². The van der Waals surface area contributed by atoms with Crippen LogP contribution in [0.2, 0.25) is 0 Å². The molecule has 98 valence electrons. The minimum absolute atomic E-state index is 0.0708. The Morgan fingerprint density at radius 1 is 1.39 bits per heavy atom. The van der Waals surface area contributed by atoms with E-state index in [2.05, 4.69) is 48.3 Å². The van der Waals surface area contributed by atoms with Crippen LogP contribution in [-0.4, -0.2) is 29.4 Å². The third-order valence-corrected chi connectivity index (χ3v) is 3.81. The van der Waals surface area contributed by atoms with Gasteiger partial charge >= 0.3 is 0 Å².